The van der Waals surface area contributed by atoms with Gasteiger partial charge in [-0.1, -0.05) is 43.7 Å². The lowest BCUT2D eigenvalue weighted by molar-refractivity contribution is 0.0936. The fraction of sp³-hybridized carbons (Fsp3) is 0.400. The molecule has 1 aromatic carbocycles. The van der Waals surface area contributed by atoms with Crippen LogP contribution in [0, 0.1) is 5.92 Å². The average Bonchev–Trinajstić information content (AvgIpc) is 2.84. The molecule has 0 saturated carbocycles. The Labute approximate surface area is 123 Å². The largest absolute Gasteiger partial charge is 0.349 e. The fourth-order valence-corrected chi connectivity index (χ4v) is 2.13. The van der Waals surface area contributed by atoms with Crippen LogP contribution in [-0.2, 0) is 13.5 Å². The first-order chi connectivity index (χ1) is 10.1. The number of carbonyl (C=O) groups excluding carboxylic acids is 1. The molecule has 21 heavy (non-hydrogen) atoms. The van der Waals surface area contributed by atoms with Gasteiger partial charge in [-0.3, -0.25) is 9.78 Å². The molecule has 1 amide bonds. The van der Waals surface area contributed by atoms with Crippen LogP contribution in [0.3, 0.4) is 0 Å². The number of hydrogen-bond acceptors (Lipinski definition) is 3. The minimum Gasteiger partial charge on any atom is -0.349 e. The van der Waals surface area contributed by atoms with Gasteiger partial charge in [0.2, 0.25) is 5.82 Å². The van der Waals surface area contributed by atoms with Crippen molar-refractivity contribution in [1.29, 1.82) is 0 Å². The number of amides is 1. The van der Waals surface area contributed by atoms with E-state index in [4.69, 9.17) is 0 Å². The van der Waals surface area contributed by atoms with Gasteiger partial charge in [0.1, 0.15) is 0 Å². The van der Waals surface area contributed by atoms with Gasteiger partial charge in [-0.25, -0.2) is 9.48 Å². The van der Waals surface area contributed by atoms with E-state index in [1.807, 2.05) is 18.2 Å². The van der Waals surface area contributed by atoms with E-state index in [2.05, 4.69) is 34.5 Å². The summed E-state index contributed by atoms with van der Waals surface area (Å²) in [7, 11) is 1.50. The first kappa shape index (κ1) is 15.0. The molecule has 0 spiro atoms. The molecule has 0 bridgehead atoms. The van der Waals surface area contributed by atoms with Crippen LogP contribution in [0.25, 0.3) is 0 Å². The SMILES string of the molecule is CC[C@@H](CNC(=O)c1nn(C)c(=O)[nH]1)Cc1ccccc1. The maximum absolute atomic E-state index is 11.9. The summed E-state index contributed by atoms with van der Waals surface area (Å²) in [5.41, 5.74) is 0.862. The zero-order valence-corrected chi connectivity index (χ0v) is 12.3. The number of aromatic nitrogens is 3. The molecule has 1 aromatic heterocycles. The number of aromatic amines is 1. The molecule has 0 saturated heterocycles. The summed E-state index contributed by atoms with van der Waals surface area (Å²) < 4.78 is 1.11. The molecular weight excluding hydrogens is 268 g/mol. The third kappa shape index (κ3) is 4.05. The zero-order chi connectivity index (χ0) is 15.2. The van der Waals surface area contributed by atoms with Crippen molar-refractivity contribution in [3.63, 3.8) is 0 Å². The number of H-pyrrole nitrogens is 1. The van der Waals surface area contributed by atoms with Crippen molar-refractivity contribution in [1.82, 2.24) is 20.1 Å². The summed E-state index contributed by atoms with van der Waals surface area (Å²) in [6, 6.07) is 10.2. The van der Waals surface area contributed by atoms with E-state index < -0.39 is 5.69 Å². The molecule has 112 valence electrons. The Morgan fingerprint density at radius 1 is 1.38 bits per heavy atom. The van der Waals surface area contributed by atoms with Crippen LogP contribution >= 0.6 is 0 Å². The molecule has 0 unspecified atom stereocenters. The number of aryl methyl sites for hydroxylation is 1. The maximum Gasteiger partial charge on any atom is 0.343 e. The van der Waals surface area contributed by atoms with Crippen LogP contribution in [0.4, 0.5) is 0 Å². The van der Waals surface area contributed by atoms with E-state index in [0.717, 1.165) is 17.5 Å². The molecule has 0 aliphatic carbocycles. The van der Waals surface area contributed by atoms with Crippen LogP contribution in [-0.4, -0.2) is 27.2 Å². The molecule has 6 heteroatoms. The highest BCUT2D eigenvalue weighted by atomic mass is 16.2. The Balaban J connectivity index is 1.91. The van der Waals surface area contributed by atoms with Crippen molar-refractivity contribution in [2.24, 2.45) is 13.0 Å². The Morgan fingerprint density at radius 3 is 2.67 bits per heavy atom. The number of benzene rings is 1. The van der Waals surface area contributed by atoms with Crippen molar-refractivity contribution < 1.29 is 4.79 Å². The molecule has 6 nitrogen and oxygen atoms in total. The van der Waals surface area contributed by atoms with Gasteiger partial charge in [-0.05, 0) is 17.9 Å². The van der Waals surface area contributed by atoms with Crippen molar-refractivity contribution in [3.05, 3.63) is 52.2 Å². The smallest absolute Gasteiger partial charge is 0.343 e. The second-order valence-electron chi connectivity index (χ2n) is 5.08. The van der Waals surface area contributed by atoms with Gasteiger partial charge in [0.15, 0.2) is 0 Å². The normalized spacial score (nSPS) is 12.1. The predicted molar refractivity (Wildman–Crippen MR) is 80.1 cm³/mol. The monoisotopic (exact) mass is 288 g/mol. The molecule has 2 rings (SSSR count). The van der Waals surface area contributed by atoms with Crippen molar-refractivity contribution in [3.8, 4) is 0 Å². The van der Waals surface area contributed by atoms with Crippen LogP contribution < -0.4 is 11.0 Å². The van der Waals surface area contributed by atoms with Gasteiger partial charge < -0.3 is 5.32 Å². The lowest BCUT2D eigenvalue weighted by atomic mass is 9.97. The number of nitrogens with one attached hydrogen (secondary N) is 2. The highest BCUT2D eigenvalue weighted by Crippen LogP contribution is 2.11. The summed E-state index contributed by atoms with van der Waals surface area (Å²) in [5, 5.41) is 6.66. The molecule has 0 aliphatic rings. The highest BCUT2D eigenvalue weighted by molar-refractivity contribution is 5.90. The number of nitrogens with zero attached hydrogens (tertiary/aromatic N) is 2. The van der Waals surface area contributed by atoms with E-state index in [1.54, 1.807) is 0 Å². The first-order valence-electron chi connectivity index (χ1n) is 7.05. The lowest BCUT2D eigenvalue weighted by Gasteiger charge is -2.15. The van der Waals surface area contributed by atoms with Gasteiger partial charge in [-0.15, -0.1) is 5.10 Å². The summed E-state index contributed by atoms with van der Waals surface area (Å²) >= 11 is 0. The Hall–Kier alpha value is -2.37. The molecule has 1 heterocycles. The molecule has 2 N–H and O–H groups in total. The third-order valence-electron chi connectivity index (χ3n) is 3.48. The van der Waals surface area contributed by atoms with E-state index in [1.165, 1.54) is 12.6 Å². The Kier molecular flexibility index (Phi) is 4.92. The second kappa shape index (κ2) is 6.88. The topological polar surface area (TPSA) is 79.8 Å². The van der Waals surface area contributed by atoms with Crippen LogP contribution in [0.5, 0.6) is 0 Å². The lowest BCUT2D eigenvalue weighted by Crippen LogP contribution is -2.31. The first-order valence-corrected chi connectivity index (χ1v) is 7.05. The molecular formula is C15H20N4O2. The van der Waals surface area contributed by atoms with Crippen molar-refractivity contribution >= 4 is 5.91 Å². The van der Waals surface area contributed by atoms with Crippen LogP contribution in [0.15, 0.2) is 35.1 Å². The summed E-state index contributed by atoms with van der Waals surface area (Å²) in [4.78, 5) is 25.6. The van der Waals surface area contributed by atoms with Gasteiger partial charge in [-0.2, -0.15) is 0 Å². The maximum atomic E-state index is 11.9. The minimum atomic E-state index is -0.392. The van der Waals surface area contributed by atoms with Gasteiger partial charge in [0, 0.05) is 13.6 Å². The fourth-order valence-electron chi connectivity index (χ4n) is 2.13. The molecule has 0 aliphatic heterocycles. The third-order valence-corrected chi connectivity index (χ3v) is 3.48. The summed E-state index contributed by atoms with van der Waals surface area (Å²) in [6.07, 6.45) is 1.88. The zero-order valence-electron chi connectivity index (χ0n) is 12.3. The molecule has 2 aromatic rings. The van der Waals surface area contributed by atoms with Crippen molar-refractivity contribution in [2.75, 3.05) is 6.54 Å². The van der Waals surface area contributed by atoms with Crippen LogP contribution in [0.2, 0.25) is 0 Å². The predicted octanol–water partition coefficient (Wildman–Crippen LogP) is 1.11. The minimum absolute atomic E-state index is 0.0528. The van der Waals surface area contributed by atoms with Crippen molar-refractivity contribution in [2.45, 2.75) is 19.8 Å². The van der Waals surface area contributed by atoms with E-state index in [9.17, 15) is 9.59 Å². The van der Waals surface area contributed by atoms with E-state index in [0.29, 0.717) is 12.5 Å². The highest BCUT2D eigenvalue weighted by Gasteiger charge is 2.14. The number of carbonyl (C=O) groups is 1. The van der Waals surface area contributed by atoms with Crippen LogP contribution in [0.1, 0.15) is 29.5 Å². The second-order valence-corrected chi connectivity index (χ2v) is 5.08. The standard InChI is InChI=1S/C15H20N4O2/c1-3-11(9-12-7-5-4-6-8-12)10-16-14(20)13-17-15(21)19(2)18-13/h4-8,11H,3,9-10H2,1-2H3,(H,16,20)(H,17,18,21)/t11-/m1/s1. The van der Waals surface area contributed by atoms with Gasteiger partial charge in [0.05, 0.1) is 0 Å². The molecule has 0 fully saturated rings. The summed E-state index contributed by atoms with van der Waals surface area (Å²) in [6.45, 7) is 2.66. The Morgan fingerprint density at radius 2 is 2.10 bits per heavy atom. The Bertz CT molecular complexity index is 645. The number of hydrogen-bond donors (Lipinski definition) is 2. The average molecular weight is 288 g/mol. The molecule has 0 radical (unpaired) electrons. The van der Waals surface area contributed by atoms with E-state index in [-0.39, 0.29) is 11.7 Å². The quantitative estimate of drug-likeness (QED) is 0.835. The summed E-state index contributed by atoms with van der Waals surface area (Å²) in [5.74, 6) is 0.0584. The molecule has 1 atom stereocenters. The number of rotatable bonds is 6. The van der Waals surface area contributed by atoms with Gasteiger partial charge >= 0.3 is 5.69 Å². The van der Waals surface area contributed by atoms with Gasteiger partial charge in [0.25, 0.3) is 5.91 Å². The van der Waals surface area contributed by atoms with E-state index >= 15 is 0 Å².